The quantitative estimate of drug-likeness (QED) is 0.599. The van der Waals surface area contributed by atoms with Crippen LogP contribution in [0.1, 0.15) is 12.5 Å². The SMILES string of the molecule is COC(=O)/C(C)=C/COc1cc(C#N)cc(OC)c1. The summed E-state index contributed by atoms with van der Waals surface area (Å²) in [5, 5.41) is 8.87. The number of esters is 1. The number of benzene rings is 1. The zero-order chi connectivity index (χ0) is 14.3. The van der Waals surface area contributed by atoms with Crippen LogP contribution in [0.5, 0.6) is 11.5 Å². The zero-order valence-electron chi connectivity index (χ0n) is 11.1. The third-order valence-corrected chi connectivity index (χ3v) is 2.39. The molecule has 0 aliphatic rings. The highest BCUT2D eigenvalue weighted by Gasteiger charge is 2.04. The van der Waals surface area contributed by atoms with E-state index in [0.29, 0.717) is 22.6 Å². The van der Waals surface area contributed by atoms with Crippen molar-refractivity contribution >= 4 is 5.97 Å². The molecule has 1 aromatic rings. The van der Waals surface area contributed by atoms with Gasteiger partial charge in [-0.1, -0.05) is 0 Å². The second-order valence-corrected chi connectivity index (χ2v) is 3.70. The number of hydrogen-bond donors (Lipinski definition) is 0. The van der Waals surface area contributed by atoms with Crippen LogP contribution in [0.4, 0.5) is 0 Å². The number of carbonyl (C=O) groups excluding carboxylic acids is 1. The average molecular weight is 261 g/mol. The zero-order valence-corrected chi connectivity index (χ0v) is 11.1. The minimum absolute atomic E-state index is 0.207. The maximum absolute atomic E-state index is 11.1. The molecule has 0 radical (unpaired) electrons. The largest absolute Gasteiger partial charge is 0.497 e. The lowest BCUT2D eigenvalue weighted by Gasteiger charge is -2.07. The first kappa shape index (κ1) is 14.6. The van der Waals surface area contributed by atoms with Crippen LogP contribution in [-0.4, -0.2) is 26.8 Å². The van der Waals surface area contributed by atoms with Crippen LogP contribution in [-0.2, 0) is 9.53 Å². The van der Waals surface area contributed by atoms with E-state index in [9.17, 15) is 4.79 Å². The van der Waals surface area contributed by atoms with Gasteiger partial charge in [-0.05, 0) is 25.1 Å². The number of carbonyl (C=O) groups is 1. The molecule has 1 aromatic carbocycles. The Kier molecular flexibility index (Phi) is 5.42. The van der Waals surface area contributed by atoms with Gasteiger partial charge in [-0.15, -0.1) is 0 Å². The molecule has 0 saturated heterocycles. The van der Waals surface area contributed by atoms with Crippen LogP contribution in [0, 0.1) is 11.3 Å². The molecule has 0 aliphatic carbocycles. The van der Waals surface area contributed by atoms with Gasteiger partial charge in [0.25, 0.3) is 0 Å². The van der Waals surface area contributed by atoms with E-state index in [-0.39, 0.29) is 6.61 Å². The molecule has 0 heterocycles. The van der Waals surface area contributed by atoms with E-state index in [4.69, 9.17) is 14.7 Å². The highest BCUT2D eigenvalue weighted by molar-refractivity contribution is 5.87. The van der Waals surface area contributed by atoms with Gasteiger partial charge in [-0.2, -0.15) is 5.26 Å². The molecule has 0 spiro atoms. The van der Waals surface area contributed by atoms with Crippen LogP contribution < -0.4 is 9.47 Å². The summed E-state index contributed by atoms with van der Waals surface area (Å²) in [4.78, 5) is 11.1. The summed E-state index contributed by atoms with van der Waals surface area (Å²) in [6.07, 6.45) is 1.61. The Morgan fingerprint density at radius 1 is 1.32 bits per heavy atom. The molecule has 0 amide bonds. The Bertz CT molecular complexity index is 529. The van der Waals surface area contributed by atoms with Gasteiger partial charge in [0.05, 0.1) is 25.9 Å². The molecule has 0 aliphatic heterocycles. The molecule has 0 saturated carbocycles. The van der Waals surface area contributed by atoms with E-state index >= 15 is 0 Å². The minimum Gasteiger partial charge on any atom is -0.497 e. The maximum atomic E-state index is 11.1. The Balaban J connectivity index is 2.73. The van der Waals surface area contributed by atoms with E-state index in [1.165, 1.54) is 14.2 Å². The van der Waals surface area contributed by atoms with Gasteiger partial charge in [0.1, 0.15) is 18.1 Å². The standard InChI is InChI=1S/C14H15NO4/c1-10(14(16)18-3)4-5-19-13-7-11(9-15)6-12(8-13)17-2/h4,6-8H,5H2,1-3H3/b10-4+. The van der Waals surface area contributed by atoms with Crippen LogP contribution in [0.25, 0.3) is 0 Å². The van der Waals surface area contributed by atoms with Gasteiger partial charge >= 0.3 is 5.97 Å². The average Bonchev–Trinajstić information content (AvgIpc) is 2.45. The number of rotatable bonds is 5. The lowest BCUT2D eigenvalue weighted by Crippen LogP contribution is -2.04. The monoisotopic (exact) mass is 261 g/mol. The van der Waals surface area contributed by atoms with Crippen LogP contribution in [0.2, 0.25) is 0 Å². The topological polar surface area (TPSA) is 68.5 Å². The van der Waals surface area contributed by atoms with Crippen molar-refractivity contribution in [2.24, 2.45) is 0 Å². The summed E-state index contributed by atoms with van der Waals surface area (Å²) in [5.41, 5.74) is 0.911. The molecule has 5 heteroatoms. The molecule has 5 nitrogen and oxygen atoms in total. The Morgan fingerprint density at radius 2 is 2.00 bits per heavy atom. The molecule has 0 atom stereocenters. The second kappa shape index (κ2) is 7.07. The first-order valence-corrected chi connectivity index (χ1v) is 5.57. The molecule has 0 bridgehead atoms. The second-order valence-electron chi connectivity index (χ2n) is 3.70. The molecule has 1 rings (SSSR count). The maximum Gasteiger partial charge on any atom is 0.333 e. The highest BCUT2D eigenvalue weighted by atomic mass is 16.5. The third-order valence-electron chi connectivity index (χ3n) is 2.39. The van der Waals surface area contributed by atoms with Gasteiger partial charge in [-0.25, -0.2) is 4.79 Å². The number of nitrogens with zero attached hydrogens (tertiary/aromatic N) is 1. The minimum atomic E-state index is -0.396. The molecule has 0 fully saturated rings. The van der Waals surface area contributed by atoms with Crippen molar-refractivity contribution in [1.82, 2.24) is 0 Å². The van der Waals surface area contributed by atoms with E-state index in [0.717, 1.165) is 0 Å². The summed E-state index contributed by atoms with van der Waals surface area (Å²) in [6.45, 7) is 1.85. The molecule has 100 valence electrons. The Hall–Kier alpha value is -2.48. The summed E-state index contributed by atoms with van der Waals surface area (Å²) in [6, 6.07) is 6.90. The summed E-state index contributed by atoms with van der Waals surface area (Å²) in [7, 11) is 2.84. The highest BCUT2D eigenvalue weighted by Crippen LogP contribution is 2.22. The van der Waals surface area contributed by atoms with Crippen LogP contribution >= 0.6 is 0 Å². The van der Waals surface area contributed by atoms with Gasteiger partial charge in [0.15, 0.2) is 0 Å². The Labute approximate surface area is 112 Å². The summed E-state index contributed by atoms with van der Waals surface area (Å²) < 4.78 is 15.1. The predicted molar refractivity (Wildman–Crippen MR) is 69.0 cm³/mol. The van der Waals surface area contributed by atoms with Crippen molar-refractivity contribution in [3.05, 3.63) is 35.4 Å². The van der Waals surface area contributed by atoms with Crippen molar-refractivity contribution < 1.29 is 19.0 Å². The molecular formula is C14H15NO4. The van der Waals surface area contributed by atoms with Crippen LogP contribution in [0.15, 0.2) is 29.8 Å². The van der Waals surface area contributed by atoms with Gasteiger partial charge in [0.2, 0.25) is 0 Å². The normalized spacial score (nSPS) is 10.5. The van der Waals surface area contributed by atoms with Crippen molar-refractivity contribution in [1.29, 1.82) is 5.26 Å². The summed E-state index contributed by atoms with van der Waals surface area (Å²) >= 11 is 0. The molecule has 0 unspecified atom stereocenters. The fraction of sp³-hybridized carbons (Fsp3) is 0.286. The van der Waals surface area contributed by atoms with E-state index in [1.807, 2.05) is 6.07 Å². The first-order valence-electron chi connectivity index (χ1n) is 5.57. The molecule has 19 heavy (non-hydrogen) atoms. The smallest absolute Gasteiger partial charge is 0.333 e. The summed E-state index contributed by atoms with van der Waals surface area (Å²) in [5.74, 6) is 0.652. The lowest BCUT2D eigenvalue weighted by molar-refractivity contribution is -0.136. The number of methoxy groups -OCH3 is 2. The first-order chi connectivity index (χ1) is 9.10. The van der Waals surface area contributed by atoms with E-state index < -0.39 is 5.97 Å². The van der Waals surface area contributed by atoms with Crippen molar-refractivity contribution in [2.75, 3.05) is 20.8 Å². The van der Waals surface area contributed by atoms with Gasteiger partial charge in [0, 0.05) is 11.6 Å². The van der Waals surface area contributed by atoms with Crippen LogP contribution in [0.3, 0.4) is 0 Å². The molecule has 0 N–H and O–H groups in total. The van der Waals surface area contributed by atoms with Gasteiger partial charge < -0.3 is 14.2 Å². The molecule has 0 aromatic heterocycles. The number of ether oxygens (including phenoxy) is 3. The van der Waals surface area contributed by atoms with Crippen molar-refractivity contribution in [3.63, 3.8) is 0 Å². The van der Waals surface area contributed by atoms with Gasteiger partial charge in [-0.3, -0.25) is 0 Å². The third kappa shape index (κ3) is 4.36. The van der Waals surface area contributed by atoms with E-state index in [1.54, 1.807) is 31.2 Å². The predicted octanol–water partition coefficient (Wildman–Crippen LogP) is 2.06. The fourth-order valence-corrected chi connectivity index (χ4v) is 1.34. The fourth-order valence-electron chi connectivity index (χ4n) is 1.34. The molecular weight excluding hydrogens is 246 g/mol. The van der Waals surface area contributed by atoms with Crippen molar-refractivity contribution in [2.45, 2.75) is 6.92 Å². The Morgan fingerprint density at radius 3 is 2.58 bits per heavy atom. The lowest BCUT2D eigenvalue weighted by atomic mass is 10.2. The number of hydrogen-bond acceptors (Lipinski definition) is 5. The van der Waals surface area contributed by atoms with E-state index in [2.05, 4.69) is 4.74 Å². The van der Waals surface area contributed by atoms with Crippen molar-refractivity contribution in [3.8, 4) is 17.6 Å². The number of nitriles is 1.